The summed E-state index contributed by atoms with van der Waals surface area (Å²) >= 11 is 0. The molecule has 2 nitrogen and oxygen atoms in total. The summed E-state index contributed by atoms with van der Waals surface area (Å²) in [5.74, 6) is -0.240. The van der Waals surface area contributed by atoms with E-state index in [0.29, 0.717) is 5.82 Å². The number of H-pyrrole nitrogens is 1. The molecule has 0 aliphatic rings. The molecule has 1 aromatic carbocycles. The summed E-state index contributed by atoms with van der Waals surface area (Å²) in [6.45, 7) is 3.82. The van der Waals surface area contributed by atoms with E-state index in [1.54, 1.807) is 0 Å². The average Bonchev–Trinajstić information content (AvgIpc) is 2.57. The van der Waals surface area contributed by atoms with Crippen molar-refractivity contribution in [2.45, 2.75) is 19.8 Å². The van der Waals surface area contributed by atoms with E-state index >= 15 is 0 Å². The maximum absolute atomic E-state index is 13.2. The van der Waals surface area contributed by atoms with Gasteiger partial charge < -0.3 is 4.98 Å². The van der Waals surface area contributed by atoms with E-state index in [0.717, 1.165) is 12.1 Å². The lowest BCUT2D eigenvalue weighted by Gasteiger charge is -1.95. The molecular weight excluding hydrogens is 186 g/mol. The highest BCUT2D eigenvalue weighted by molar-refractivity contribution is 5.76. The van der Waals surface area contributed by atoms with Crippen molar-refractivity contribution in [2.24, 2.45) is 0 Å². The van der Waals surface area contributed by atoms with E-state index in [2.05, 4.69) is 9.97 Å². The Morgan fingerprint density at radius 2 is 1.86 bits per heavy atom. The zero-order valence-electron chi connectivity index (χ0n) is 7.94. The Morgan fingerprint density at radius 1 is 1.21 bits per heavy atom. The number of benzene rings is 1. The highest BCUT2D eigenvalue weighted by Crippen LogP contribution is 2.21. The summed E-state index contributed by atoms with van der Waals surface area (Å²) in [6, 6.07) is 2.18. The van der Waals surface area contributed by atoms with Crippen LogP contribution in [-0.2, 0) is 0 Å². The molecule has 0 atom stereocenters. The second kappa shape index (κ2) is 3.04. The lowest BCUT2D eigenvalue weighted by atomic mass is 10.2. The molecule has 2 aromatic rings. The Bertz CT molecular complexity index is 435. The largest absolute Gasteiger partial charge is 0.339 e. The van der Waals surface area contributed by atoms with Crippen LogP contribution in [0.1, 0.15) is 25.6 Å². The van der Waals surface area contributed by atoms with Crippen LogP contribution in [0.4, 0.5) is 8.78 Å². The number of aromatic amines is 1. The Hall–Kier alpha value is -1.45. The maximum atomic E-state index is 13.2. The van der Waals surface area contributed by atoms with Crippen molar-refractivity contribution >= 4 is 11.0 Å². The third kappa shape index (κ3) is 1.27. The van der Waals surface area contributed by atoms with Gasteiger partial charge in [-0.3, -0.25) is 0 Å². The van der Waals surface area contributed by atoms with Gasteiger partial charge in [0.05, 0.1) is 0 Å². The van der Waals surface area contributed by atoms with Gasteiger partial charge in [-0.2, -0.15) is 0 Å². The number of hydrogen-bond acceptors (Lipinski definition) is 1. The molecule has 1 aromatic heterocycles. The highest BCUT2D eigenvalue weighted by Gasteiger charge is 2.12. The van der Waals surface area contributed by atoms with Gasteiger partial charge in [0, 0.05) is 5.92 Å². The first-order chi connectivity index (χ1) is 6.59. The number of fused-ring (bicyclic) bond motifs is 1. The smallest absolute Gasteiger partial charge is 0.151 e. The molecule has 1 N–H and O–H groups in total. The fourth-order valence-corrected chi connectivity index (χ4v) is 1.32. The first-order valence-corrected chi connectivity index (χ1v) is 4.43. The number of nitrogens with zero attached hydrogens (tertiary/aromatic N) is 1. The van der Waals surface area contributed by atoms with Crippen LogP contribution in [0.3, 0.4) is 0 Å². The van der Waals surface area contributed by atoms with Crippen LogP contribution in [-0.4, -0.2) is 9.97 Å². The van der Waals surface area contributed by atoms with Crippen molar-refractivity contribution in [1.29, 1.82) is 0 Å². The van der Waals surface area contributed by atoms with Crippen LogP contribution in [0.5, 0.6) is 0 Å². The molecule has 74 valence electrons. The van der Waals surface area contributed by atoms with E-state index in [1.165, 1.54) is 0 Å². The first kappa shape index (κ1) is 9.12. The van der Waals surface area contributed by atoms with Crippen LogP contribution in [0.2, 0.25) is 0 Å². The molecule has 0 spiro atoms. The quantitative estimate of drug-likeness (QED) is 0.746. The van der Waals surface area contributed by atoms with Crippen molar-refractivity contribution in [3.63, 3.8) is 0 Å². The topological polar surface area (TPSA) is 28.7 Å². The van der Waals surface area contributed by atoms with Gasteiger partial charge >= 0.3 is 0 Å². The van der Waals surface area contributed by atoms with Crippen molar-refractivity contribution < 1.29 is 8.78 Å². The Balaban J connectivity index is 2.75. The van der Waals surface area contributed by atoms with Gasteiger partial charge in [-0.25, -0.2) is 13.8 Å². The zero-order chi connectivity index (χ0) is 10.3. The molecule has 2 rings (SSSR count). The second-order valence-corrected chi connectivity index (χ2v) is 3.53. The molecule has 14 heavy (non-hydrogen) atoms. The molecular formula is C10H10F2N2. The van der Waals surface area contributed by atoms with E-state index in [4.69, 9.17) is 0 Å². The Kier molecular flexibility index (Phi) is 1.98. The lowest BCUT2D eigenvalue weighted by Crippen LogP contribution is -1.88. The van der Waals surface area contributed by atoms with Gasteiger partial charge in [0.25, 0.3) is 0 Å². The van der Waals surface area contributed by atoms with Crippen LogP contribution < -0.4 is 0 Å². The van der Waals surface area contributed by atoms with Gasteiger partial charge in [-0.05, 0) is 12.1 Å². The van der Waals surface area contributed by atoms with Crippen LogP contribution >= 0.6 is 0 Å². The van der Waals surface area contributed by atoms with Crippen LogP contribution in [0.15, 0.2) is 12.1 Å². The summed E-state index contributed by atoms with van der Waals surface area (Å²) in [6.07, 6.45) is 0. The Labute approximate surface area is 80.0 Å². The summed E-state index contributed by atoms with van der Waals surface area (Å²) < 4.78 is 26.4. The van der Waals surface area contributed by atoms with Crippen LogP contribution in [0.25, 0.3) is 11.0 Å². The molecule has 0 saturated carbocycles. The monoisotopic (exact) mass is 196 g/mol. The third-order valence-corrected chi connectivity index (χ3v) is 2.11. The van der Waals surface area contributed by atoms with E-state index in [1.807, 2.05) is 13.8 Å². The number of nitrogens with one attached hydrogen (secondary N) is 1. The molecule has 0 aliphatic carbocycles. The Morgan fingerprint density at radius 3 is 2.43 bits per heavy atom. The first-order valence-electron chi connectivity index (χ1n) is 4.43. The molecule has 0 fully saturated rings. The van der Waals surface area contributed by atoms with Gasteiger partial charge in [0.15, 0.2) is 5.82 Å². The fraction of sp³-hybridized carbons (Fsp3) is 0.300. The molecule has 0 bridgehead atoms. The minimum Gasteiger partial charge on any atom is -0.339 e. The van der Waals surface area contributed by atoms with Gasteiger partial charge in [-0.15, -0.1) is 0 Å². The van der Waals surface area contributed by atoms with E-state index < -0.39 is 11.6 Å². The maximum Gasteiger partial charge on any atom is 0.151 e. The minimum absolute atomic E-state index is 0.0775. The lowest BCUT2D eigenvalue weighted by molar-refractivity contribution is 0.615. The van der Waals surface area contributed by atoms with Gasteiger partial charge in [-0.1, -0.05) is 13.8 Å². The molecule has 4 heteroatoms. The third-order valence-electron chi connectivity index (χ3n) is 2.11. The van der Waals surface area contributed by atoms with Crippen molar-refractivity contribution in [2.75, 3.05) is 0 Å². The normalized spacial score (nSPS) is 11.5. The number of hydrogen-bond donors (Lipinski definition) is 1. The number of halogens is 2. The molecule has 0 radical (unpaired) electrons. The molecule has 0 amide bonds. The fourth-order valence-electron chi connectivity index (χ4n) is 1.32. The molecule has 0 aliphatic heterocycles. The van der Waals surface area contributed by atoms with Crippen molar-refractivity contribution in [3.05, 3.63) is 29.6 Å². The van der Waals surface area contributed by atoms with Gasteiger partial charge in [0.2, 0.25) is 0 Å². The zero-order valence-corrected chi connectivity index (χ0v) is 7.94. The SMILES string of the molecule is CC(C)c1nc2c(F)ccc(F)c2[nH]1. The standard InChI is InChI=1S/C10H10F2N2/c1-5(2)10-13-8-6(11)3-4-7(12)9(8)14-10/h3-5H,1-2H3,(H,13,14). The van der Waals surface area contributed by atoms with Crippen molar-refractivity contribution in [3.8, 4) is 0 Å². The number of imidazole rings is 1. The summed E-state index contributed by atoms with van der Waals surface area (Å²) in [7, 11) is 0. The second-order valence-electron chi connectivity index (χ2n) is 3.53. The molecule has 0 saturated heterocycles. The molecule has 1 heterocycles. The van der Waals surface area contributed by atoms with E-state index in [9.17, 15) is 8.78 Å². The predicted octanol–water partition coefficient (Wildman–Crippen LogP) is 2.96. The van der Waals surface area contributed by atoms with Crippen molar-refractivity contribution in [1.82, 2.24) is 9.97 Å². The summed E-state index contributed by atoms with van der Waals surface area (Å²) in [5, 5.41) is 0. The minimum atomic E-state index is -0.496. The number of rotatable bonds is 1. The molecule has 0 unspecified atom stereocenters. The van der Waals surface area contributed by atoms with Gasteiger partial charge in [0.1, 0.15) is 22.7 Å². The summed E-state index contributed by atoms with van der Waals surface area (Å²) in [4.78, 5) is 6.78. The number of aromatic nitrogens is 2. The van der Waals surface area contributed by atoms with Crippen LogP contribution in [0, 0.1) is 11.6 Å². The summed E-state index contributed by atoms with van der Waals surface area (Å²) in [5.41, 5.74) is 0.224. The van der Waals surface area contributed by atoms with E-state index in [-0.39, 0.29) is 17.0 Å². The highest BCUT2D eigenvalue weighted by atomic mass is 19.1. The average molecular weight is 196 g/mol. The predicted molar refractivity (Wildman–Crippen MR) is 50.1 cm³/mol.